The number of thiol groups is 2. The van der Waals surface area contributed by atoms with Crippen molar-refractivity contribution in [1.82, 2.24) is 3.71 Å². The maximum Gasteiger partial charge on any atom is 0.246 e. The topological polar surface area (TPSA) is 88.6 Å². The highest BCUT2D eigenvalue weighted by Crippen LogP contribution is 1.87. The van der Waals surface area contributed by atoms with Gasteiger partial charge in [-0.1, -0.05) is 0 Å². The third-order valence-corrected chi connectivity index (χ3v) is 2.65. The average Bonchev–Trinajstić information content (AvgIpc) is 1.59. The van der Waals surface area contributed by atoms with E-state index in [2.05, 4.69) is 0 Å². The molecule has 0 bridgehead atoms. The van der Waals surface area contributed by atoms with Gasteiger partial charge in [0.05, 0.1) is 0 Å². The van der Waals surface area contributed by atoms with E-state index in [1.165, 1.54) is 0 Å². The van der Waals surface area contributed by atoms with Crippen molar-refractivity contribution in [3.63, 3.8) is 0 Å². The molecule has 0 unspecified atom stereocenters. The molecule has 0 spiro atoms. The lowest BCUT2D eigenvalue weighted by molar-refractivity contribution is -0.120. The highest BCUT2D eigenvalue weighted by molar-refractivity contribution is 7.86. The van der Waals surface area contributed by atoms with Crippen molar-refractivity contribution in [2.75, 3.05) is 0 Å². The first-order valence-corrected chi connectivity index (χ1v) is 4.32. The predicted molar refractivity (Wildman–Crippen MR) is 33.1 cm³/mol. The van der Waals surface area contributed by atoms with Gasteiger partial charge in [0.2, 0.25) is 27.7 Å². The lowest BCUT2D eigenvalue weighted by atomic mass is 10.8. The van der Waals surface area contributed by atoms with E-state index < -0.39 is 27.7 Å². The Morgan fingerprint density at radius 3 is 1.40 bits per heavy atom. The van der Waals surface area contributed by atoms with Crippen molar-refractivity contribution < 1.29 is 21.6 Å². The monoisotopic (exact) mass is 187 g/mol. The molecule has 6 nitrogen and oxygen atoms in total. The molecule has 0 saturated heterocycles. The van der Waals surface area contributed by atoms with Gasteiger partial charge in [-0.25, -0.2) is 16.8 Å². The van der Waals surface area contributed by atoms with E-state index in [1.807, 2.05) is 0 Å². The molecule has 0 radical (unpaired) electrons. The zero-order valence-electron chi connectivity index (χ0n) is 4.88. The fraction of sp³-hybridized carbons (Fsp3) is 0.500. The minimum absolute atomic E-state index is 0.231. The molecule has 0 aromatic carbocycles. The van der Waals surface area contributed by atoms with Gasteiger partial charge in [0, 0.05) is 6.92 Å². The number of rotatable bonds is 2. The molecule has 10 heavy (non-hydrogen) atoms. The van der Waals surface area contributed by atoms with Gasteiger partial charge >= 0.3 is 0 Å². The van der Waals surface area contributed by atoms with Crippen molar-refractivity contribution in [2.45, 2.75) is 6.92 Å². The molecular formula is C2H5NO5S2. The molecule has 0 fully saturated rings. The predicted octanol–water partition coefficient (Wildman–Crippen LogP) is -2.11. The third kappa shape index (κ3) is 2.31. The molecule has 8 heteroatoms. The smallest absolute Gasteiger partial charge is 0.246 e. The zero-order chi connectivity index (χ0) is 8.31. The molecule has 1 amide bonds. The summed E-state index contributed by atoms with van der Waals surface area (Å²) in [5.41, 5.74) is 0. The Bertz CT molecular complexity index is 237. The van der Waals surface area contributed by atoms with E-state index in [4.69, 9.17) is 0 Å². The SMILES string of the molecule is CC(=O)N([SH](=O)=O)[SH](=O)=O. The molecule has 0 aromatic heterocycles. The van der Waals surface area contributed by atoms with Crippen molar-refractivity contribution in [2.24, 2.45) is 0 Å². The summed E-state index contributed by atoms with van der Waals surface area (Å²) in [5.74, 6) is -1.03. The molecular weight excluding hydrogens is 182 g/mol. The first kappa shape index (κ1) is 9.37. The molecule has 0 N–H and O–H groups in total. The highest BCUT2D eigenvalue weighted by Gasteiger charge is 2.11. The van der Waals surface area contributed by atoms with E-state index in [0.29, 0.717) is 0 Å². The first-order valence-electron chi connectivity index (χ1n) is 2.06. The van der Waals surface area contributed by atoms with Crippen LogP contribution in [0, 0.1) is 0 Å². The van der Waals surface area contributed by atoms with Gasteiger partial charge in [0.1, 0.15) is 0 Å². The maximum absolute atomic E-state index is 10.2. The Balaban J connectivity index is 4.77. The maximum atomic E-state index is 10.2. The van der Waals surface area contributed by atoms with Crippen LogP contribution in [0.5, 0.6) is 0 Å². The second kappa shape index (κ2) is 3.52. The van der Waals surface area contributed by atoms with Gasteiger partial charge < -0.3 is 0 Å². The summed E-state index contributed by atoms with van der Waals surface area (Å²) in [6.07, 6.45) is 0. The fourth-order valence-electron chi connectivity index (χ4n) is 0.290. The highest BCUT2D eigenvalue weighted by atomic mass is 32.2. The van der Waals surface area contributed by atoms with Crippen LogP contribution in [0.3, 0.4) is 0 Å². The van der Waals surface area contributed by atoms with Crippen LogP contribution in [0.4, 0.5) is 0 Å². The Labute approximate surface area is 60.6 Å². The molecule has 0 atom stereocenters. The summed E-state index contributed by atoms with van der Waals surface area (Å²) in [4.78, 5) is 10.2. The molecule has 60 valence electrons. The van der Waals surface area contributed by atoms with Gasteiger partial charge in [-0.05, 0) is 0 Å². The van der Waals surface area contributed by atoms with E-state index >= 15 is 0 Å². The fourth-order valence-corrected chi connectivity index (χ4v) is 1.23. The first-order chi connectivity index (χ1) is 4.46. The summed E-state index contributed by atoms with van der Waals surface area (Å²) in [5, 5.41) is 0. The van der Waals surface area contributed by atoms with Crippen LogP contribution in [-0.2, 0) is 26.6 Å². The summed E-state index contributed by atoms with van der Waals surface area (Å²) in [7, 11) is -6.71. The van der Waals surface area contributed by atoms with Crippen molar-refractivity contribution in [3.05, 3.63) is 0 Å². The number of hydrogen-bond donors (Lipinski definition) is 2. The minimum atomic E-state index is -3.36. The minimum Gasteiger partial charge on any atom is -0.273 e. The molecule has 0 aliphatic rings. The lowest BCUT2D eigenvalue weighted by Crippen LogP contribution is -2.24. The lowest BCUT2D eigenvalue weighted by Gasteiger charge is -2.00. The van der Waals surface area contributed by atoms with Crippen LogP contribution < -0.4 is 0 Å². The van der Waals surface area contributed by atoms with E-state index in [9.17, 15) is 21.6 Å². The second-order valence-corrected chi connectivity index (χ2v) is 3.35. The third-order valence-electron chi connectivity index (χ3n) is 0.591. The normalized spacial score (nSPS) is 10.3. The molecule has 0 rings (SSSR count). The zero-order valence-corrected chi connectivity index (χ0v) is 6.67. The molecule has 0 aliphatic carbocycles. The van der Waals surface area contributed by atoms with Crippen LogP contribution >= 0.6 is 0 Å². The standard InChI is InChI=1S/C2H5NO5S2/c1-2(4)3(9(5)6)10(7)8/h9-10H,1H3. The number of carbonyl (C=O) groups is 1. The largest absolute Gasteiger partial charge is 0.273 e. The van der Waals surface area contributed by atoms with Gasteiger partial charge in [0.25, 0.3) is 0 Å². The summed E-state index contributed by atoms with van der Waals surface area (Å²) < 4.78 is 39.5. The molecule has 0 aliphatic heterocycles. The van der Waals surface area contributed by atoms with Crippen LogP contribution in [-0.4, -0.2) is 26.5 Å². The summed E-state index contributed by atoms with van der Waals surface area (Å²) >= 11 is 0. The van der Waals surface area contributed by atoms with Crippen molar-refractivity contribution in [3.8, 4) is 0 Å². The number of amides is 1. The van der Waals surface area contributed by atoms with E-state index in [-0.39, 0.29) is 3.71 Å². The molecule has 0 saturated carbocycles. The quantitative estimate of drug-likeness (QED) is 0.483. The van der Waals surface area contributed by atoms with Crippen LogP contribution in [0.1, 0.15) is 6.92 Å². The Morgan fingerprint density at radius 1 is 1.10 bits per heavy atom. The number of hydrogen-bond acceptors (Lipinski definition) is 5. The van der Waals surface area contributed by atoms with Gasteiger partial charge in [-0.2, -0.15) is 0 Å². The van der Waals surface area contributed by atoms with Crippen LogP contribution in [0.25, 0.3) is 0 Å². The second-order valence-electron chi connectivity index (χ2n) is 1.28. The molecule has 0 aromatic rings. The summed E-state index contributed by atoms with van der Waals surface area (Å²) in [6, 6.07) is 0. The Morgan fingerprint density at radius 2 is 1.40 bits per heavy atom. The van der Waals surface area contributed by atoms with Gasteiger partial charge in [-0.3, -0.25) is 4.79 Å². The van der Waals surface area contributed by atoms with Gasteiger partial charge in [0.15, 0.2) is 0 Å². The number of carbonyl (C=O) groups excluding carboxylic acids is 1. The van der Waals surface area contributed by atoms with E-state index in [0.717, 1.165) is 6.92 Å². The summed E-state index contributed by atoms with van der Waals surface area (Å²) in [6.45, 7) is 0.844. The average molecular weight is 187 g/mol. The number of nitrogens with zero attached hydrogens (tertiary/aromatic N) is 1. The van der Waals surface area contributed by atoms with Crippen LogP contribution in [0.15, 0.2) is 0 Å². The van der Waals surface area contributed by atoms with E-state index in [1.54, 1.807) is 0 Å². The Hall–Kier alpha value is -0.630. The van der Waals surface area contributed by atoms with Crippen LogP contribution in [0.2, 0.25) is 0 Å². The van der Waals surface area contributed by atoms with Crippen molar-refractivity contribution >= 4 is 27.7 Å². The Kier molecular flexibility index (Phi) is 3.30. The molecule has 0 heterocycles. The van der Waals surface area contributed by atoms with Crippen molar-refractivity contribution in [1.29, 1.82) is 0 Å². The van der Waals surface area contributed by atoms with Gasteiger partial charge in [-0.15, -0.1) is 3.71 Å².